The molecule has 2 aliphatic heterocycles. The number of carbonyl (C=O) groups is 2. The van der Waals surface area contributed by atoms with Crippen LogP contribution in [0.5, 0.6) is 0 Å². The zero-order valence-electron chi connectivity index (χ0n) is 16.4. The minimum absolute atomic E-state index is 0.0303. The number of aryl methyl sites for hydroxylation is 2. The van der Waals surface area contributed by atoms with Crippen molar-refractivity contribution >= 4 is 17.6 Å². The van der Waals surface area contributed by atoms with Crippen LogP contribution < -0.4 is 4.90 Å². The second-order valence-electron chi connectivity index (χ2n) is 7.42. The molecule has 1 saturated heterocycles. The van der Waals surface area contributed by atoms with E-state index in [1.54, 1.807) is 4.90 Å². The molecule has 0 unspecified atom stereocenters. The largest absolute Gasteiger partial charge is 0.353 e. The molecule has 2 amide bonds. The molecule has 7 nitrogen and oxygen atoms in total. The molecule has 4 rings (SSSR count). The van der Waals surface area contributed by atoms with Gasteiger partial charge in [0.05, 0.1) is 0 Å². The van der Waals surface area contributed by atoms with Crippen molar-refractivity contribution in [1.82, 2.24) is 19.8 Å². The number of nitrogens with zero attached hydrogens (tertiary/aromatic N) is 5. The highest BCUT2D eigenvalue weighted by atomic mass is 16.2. The second-order valence-corrected chi connectivity index (χ2v) is 7.42. The lowest BCUT2D eigenvalue weighted by Crippen LogP contribution is -2.49. The fourth-order valence-corrected chi connectivity index (χ4v) is 3.93. The Bertz CT molecular complexity index is 885. The van der Waals surface area contributed by atoms with E-state index in [9.17, 15) is 9.59 Å². The molecule has 1 aromatic heterocycles. The van der Waals surface area contributed by atoms with Crippen LogP contribution in [0.25, 0.3) is 0 Å². The standard InChI is InChI=1S/C21H25N5O2/c1-15-13-19(23-16(2)22-15)24-9-11-25(12-10-24)20(27)7-8-26-14-17-5-3-4-6-18(17)21(26)28/h3-6,13H,7-12,14H2,1-2H3. The number of anilines is 1. The van der Waals surface area contributed by atoms with Gasteiger partial charge in [0.25, 0.3) is 5.91 Å². The first kappa shape index (κ1) is 18.4. The molecule has 0 bridgehead atoms. The van der Waals surface area contributed by atoms with Gasteiger partial charge in [-0.25, -0.2) is 9.97 Å². The summed E-state index contributed by atoms with van der Waals surface area (Å²) in [6.45, 7) is 7.80. The van der Waals surface area contributed by atoms with Crippen molar-refractivity contribution in [2.45, 2.75) is 26.8 Å². The van der Waals surface area contributed by atoms with Crippen molar-refractivity contribution < 1.29 is 9.59 Å². The van der Waals surface area contributed by atoms with Crippen molar-refractivity contribution in [3.63, 3.8) is 0 Å². The molecule has 1 fully saturated rings. The molecular formula is C21H25N5O2. The van der Waals surface area contributed by atoms with Crippen LogP contribution in [0.4, 0.5) is 5.82 Å². The lowest BCUT2D eigenvalue weighted by molar-refractivity contribution is -0.131. The highest BCUT2D eigenvalue weighted by molar-refractivity contribution is 5.98. The summed E-state index contributed by atoms with van der Waals surface area (Å²) in [5, 5.41) is 0. The SMILES string of the molecule is Cc1cc(N2CCN(C(=O)CCN3Cc4ccccc4C3=O)CC2)nc(C)n1. The third-order valence-electron chi connectivity index (χ3n) is 5.40. The van der Waals surface area contributed by atoms with E-state index in [1.807, 2.05) is 49.1 Å². The van der Waals surface area contributed by atoms with E-state index in [1.165, 1.54) is 0 Å². The van der Waals surface area contributed by atoms with E-state index in [4.69, 9.17) is 0 Å². The van der Waals surface area contributed by atoms with Crippen molar-refractivity contribution in [2.24, 2.45) is 0 Å². The first-order valence-corrected chi connectivity index (χ1v) is 9.73. The number of amides is 2. The summed E-state index contributed by atoms with van der Waals surface area (Å²) in [5.74, 6) is 1.84. The molecule has 3 heterocycles. The lowest BCUT2D eigenvalue weighted by Gasteiger charge is -2.35. The maximum absolute atomic E-state index is 12.6. The van der Waals surface area contributed by atoms with E-state index < -0.39 is 0 Å². The molecule has 1 aromatic carbocycles. The smallest absolute Gasteiger partial charge is 0.254 e. The Morgan fingerprint density at radius 2 is 1.82 bits per heavy atom. The van der Waals surface area contributed by atoms with Gasteiger partial charge < -0.3 is 14.7 Å². The Balaban J connectivity index is 1.28. The van der Waals surface area contributed by atoms with Gasteiger partial charge in [-0.15, -0.1) is 0 Å². The van der Waals surface area contributed by atoms with Crippen LogP contribution in [0.15, 0.2) is 30.3 Å². The molecular weight excluding hydrogens is 354 g/mol. The molecule has 0 radical (unpaired) electrons. The van der Waals surface area contributed by atoms with Gasteiger partial charge in [0.15, 0.2) is 0 Å². The summed E-state index contributed by atoms with van der Waals surface area (Å²) >= 11 is 0. The van der Waals surface area contributed by atoms with E-state index >= 15 is 0 Å². The van der Waals surface area contributed by atoms with Crippen LogP contribution in [-0.4, -0.2) is 64.3 Å². The van der Waals surface area contributed by atoms with Crippen LogP contribution in [0.2, 0.25) is 0 Å². The molecule has 0 atom stereocenters. The van der Waals surface area contributed by atoms with Gasteiger partial charge >= 0.3 is 0 Å². The molecule has 2 aliphatic rings. The predicted molar refractivity (Wildman–Crippen MR) is 106 cm³/mol. The second kappa shape index (κ2) is 7.58. The number of fused-ring (bicyclic) bond motifs is 1. The van der Waals surface area contributed by atoms with Gasteiger partial charge in [-0.1, -0.05) is 18.2 Å². The van der Waals surface area contributed by atoms with E-state index in [0.29, 0.717) is 32.6 Å². The number of piperazine rings is 1. The molecule has 0 spiro atoms. The van der Waals surface area contributed by atoms with Crippen molar-refractivity contribution in [3.8, 4) is 0 Å². The first-order valence-electron chi connectivity index (χ1n) is 9.73. The van der Waals surface area contributed by atoms with Gasteiger partial charge in [-0.05, 0) is 25.5 Å². The molecule has 146 valence electrons. The Hall–Kier alpha value is -2.96. The monoisotopic (exact) mass is 379 g/mol. The van der Waals surface area contributed by atoms with E-state index in [-0.39, 0.29) is 11.8 Å². The number of carbonyl (C=O) groups excluding carboxylic acids is 2. The zero-order valence-corrected chi connectivity index (χ0v) is 16.4. The number of benzene rings is 1. The average molecular weight is 379 g/mol. The van der Waals surface area contributed by atoms with Crippen molar-refractivity contribution in [3.05, 3.63) is 53.0 Å². The summed E-state index contributed by atoms with van der Waals surface area (Å²) in [5.41, 5.74) is 2.76. The highest BCUT2D eigenvalue weighted by Crippen LogP contribution is 2.22. The van der Waals surface area contributed by atoms with Crippen molar-refractivity contribution in [2.75, 3.05) is 37.6 Å². The molecule has 0 saturated carbocycles. The topological polar surface area (TPSA) is 69.6 Å². The Labute approximate surface area is 165 Å². The molecule has 0 N–H and O–H groups in total. The minimum atomic E-state index is 0.0303. The zero-order chi connectivity index (χ0) is 19.7. The average Bonchev–Trinajstić information content (AvgIpc) is 3.01. The Kier molecular flexibility index (Phi) is 4.98. The van der Waals surface area contributed by atoms with Crippen LogP contribution >= 0.6 is 0 Å². The quantitative estimate of drug-likeness (QED) is 0.810. The summed E-state index contributed by atoms with van der Waals surface area (Å²) in [6.07, 6.45) is 0.367. The predicted octanol–water partition coefficient (Wildman–Crippen LogP) is 1.79. The van der Waals surface area contributed by atoms with E-state index in [2.05, 4.69) is 14.9 Å². The Morgan fingerprint density at radius 1 is 1.07 bits per heavy atom. The summed E-state index contributed by atoms with van der Waals surface area (Å²) in [6, 6.07) is 9.65. The number of hydrogen-bond acceptors (Lipinski definition) is 5. The van der Waals surface area contributed by atoms with Gasteiger partial charge in [-0.2, -0.15) is 0 Å². The number of hydrogen-bond donors (Lipinski definition) is 0. The fraction of sp³-hybridized carbons (Fsp3) is 0.429. The summed E-state index contributed by atoms with van der Waals surface area (Å²) in [7, 11) is 0. The fourth-order valence-electron chi connectivity index (χ4n) is 3.93. The maximum Gasteiger partial charge on any atom is 0.254 e. The lowest BCUT2D eigenvalue weighted by atomic mass is 10.1. The van der Waals surface area contributed by atoms with Crippen LogP contribution in [-0.2, 0) is 11.3 Å². The van der Waals surface area contributed by atoms with Crippen LogP contribution in [0.3, 0.4) is 0 Å². The van der Waals surface area contributed by atoms with Gasteiger partial charge in [-0.3, -0.25) is 9.59 Å². The van der Waals surface area contributed by atoms with Crippen LogP contribution in [0.1, 0.15) is 33.9 Å². The molecule has 2 aromatic rings. The van der Waals surface area contributed by atoms with E-state index in [0.717, 1.165) is 41.6 Å². The van der Waals surface area contributed by atoms with Crippen LogP contribution in [0, 0.1) is 13.8 Å². The number of rotatable bonds is 4. The Morgan fingerprint density at radius 3 is 2.54 bits per heavy atom. The van der Waals surface area contributed by atoms with Gasteiger partial charge in [0.2, 0.25) is 5.91 Å². The third-order valence-corrected chi connectivity index (χ3v) is 5.40. The van der Waals surface area contributed by atoms with Gasteiger partial charge in [0.1, 0.15) is 11.6 Å². The highest BCUT2D eigenvalue weighted by Gasteiger charge is 2.28. The van der Waals surface area contributed by atoms with Gasteiger partial charge in [0, 0.05) is 63.0 Å². The first-order chi connectivity index (χ1) is 13.5. The molecule has 0 aliphatic carbocycles. The normalized spacial score (nSPS) is 16.5. The van der Waals surface area contributed by atoms with Crippen molar-refractivity contribution in [1.29, 1.82) is 0 Å². The minimum Gasteiger partial charge on any atom is -0.353 e. The molecule has 28 heavy (non-hydrogen) atoms. The third kappa shape index (κ3) is 3.69. The summed E-state index contributed by atoms with van der Waals surface area (Å²) in [4.78, 5) is 39.7. The summed E-state index contributed by atoms with van der Waals surface area (Å²) < 4.78 is 0. The maximum atomic E-state index is 12.6. The number of aromatic nitrogens is 2. The molecule has 7 heteroatoms.